The topological polar surface area (TPSA) is 321 Å². The van der Waals surface area contributed by atoms with Gasteiger partial charge in [0.15, 0.2) is 30.2 Å². The molecule has 3 aliphatic carbocycles. The van der Waals surface area contributed by atoms with Gasteiger partial charge in [0.25, 0.3) is 5.91 Å². The number of fused-ring (bicyclic) bond motifs is 5. The molecule has 5 aliphatic rings. The molecule has 0 radical (unpaired) electrons. The lowest BCUT2D eigenvalue weighted by Gasteiger charge is -2.67. The number of alkyl carbamates (subject to hydrolysis) is 1. The first-order valence-electron chi connectivity index (χ1n) is 28.7. The number of alkyl halides is 3. The van der Waals surface area contributed by atoms with Gasteiger partial charge >= 0.3 is 48.1 Å². The number of amides is 4. The van der Waals surface area contributed by atoms with Crippen LogP contribution in [-0.2, 0) is 68.1 Å². The van der Waals surface area contributed by atoms with Gasteiger partial charge < -0.3 is 53.8 Å². The van der Waals surface area contributed by atoms with E-state index in [0.717, 1.165) is 24.0 Å². The third kappa shape index (κ3) is 12.5. The van der Waals surface area contributed by atoms with Gasteiger partial charge in [-0.05, 0) is 95.5 Å². The summed E-state index contributed by atoms with van der Waals surface area (Å²) < 4.78 is 82.8. The van der Waals surface area contributed by atoms with E-state index in [9.17, 15) is 72.1 Å². The largest absolute Gasteiger partial charge is 0.456 e. The number of imide groups is 1. The van der Waals surface area contributed by atoms with Crippen LogP contribution in [0.25, 0.3) is 0 Å². The van der Waals surface area contributed by atoms with Crippen molar-refractivity contribution in [3.05, 3.63) is 112 Å². The van der Waals surface area contributed by atoms with E-state index >= 15 is 4.79 Å². The van der Waals surface area contributed by atoms with Crippen LogP contribution in [0.4, 0.5) is 28.4 Å². The van der Waals surface area contributed by atoms with Crippen LogP contribution in [0.5, 0.6) is 0 Å². The molecule has 2 saturated heterocycles. The number of aliphatic hydroxyl groups is 3. The molecule has 4 fully saturated rings. The fraction of sp³-hybridized carbons (Fsp3) is 0.500. The van der Waals surface area contributed by atoms with Crippen LogP contribution in [-0.4, -0.2) is 153 Å². The molecule has 3 aromatic rings. The molecule has 2 heterocycles. The van der Waals surface area contributed by atoms with E-state index in [-0.39, 0.29) is 28.7 Å². The second-order valence-corrected chi connectivity index (χ2v) is 25.0. The maximum Gasteiger partial charge on any atom is 0.417 e. The third-order valence-corrected chi connectivity index (χ3v) is 17.5. The van der Waals surface area contributed by atoms with Crippen LogP contribution in [0.15, 0.2) is 90.0 Å². The first-order valence-corrected chi connectivity index (χ1v) is 28.7. The van der Waals surface area contributed by atoms with Crippen molar-refractivity contribution < 1.29 is 105 Å². The molecule has 4 amide bonds. The Hall–Kier alpha value is -8.69. The Morgan fingerprint density at radius 3 is 2.10 bits per heavy atom. The number of nitrogens with one attached hydrogen (secondary N) is 1. The van der Waals surface area contributed by atoms with Crippen LogP contribution in [0.3, 0.4) is 0 Å². The molecule has 11 atom stereocenters. The fourth-order valence-electron chi connectivity index (χ4n) is 12.7. The van der Waals surface area contributed by atoms with E-state index in [1.165, 1.54) is 84.0 Å². The van der Waals surface area contributed by atoms with Gasteiger partial charge in [-0.3, -0.25) is 28.9 Å². The monoisotopic (exact) mass is 1250 g/mol. The minimum absolute atomic E-state index is 0.0216. The summed E-state index contributed by atoms with van der Waals surface area (Å²) in [6.07, 6.45) is -19.6. The number of Topliss-reactive ketones (excluding diaryl/α,β-unsaturated/α-hetero) is 1. The molecule has 2 saturated carbocycles. The van der Waals surface area contributed by atoms with E-state index in [2.05, 4.69) is 17.2 Å². The summed E-state index contributed by atoms with van der Waals surface area (Å²) in [6.45, 7) is 12.5. The number of ketones is 1. The SMILES string of the molecule is CC(=O)O[C@@]12COC1C[C@H](O)[C@@]1(C)C(=O)[C@H](OC(=O)CCC(=O)OCC#CCN3C(=O)N(c4ccc(C#N)c(C(F)(F)F)c4)C(=O)C3(C)C)C3=C(C)[C@@H](OC(=O)[C@H](O)[C@@H](NC(=O)OC(C)(C)C)c4ccccc4)C[C@@](O)([C@@H](OC(=O)c4ccccc4)[C@@H]12)C3(C)C. The number of nitriles is 1. The fourth-order valence-corrected chi connectivity index (χ4v) is 12.7. The lowest BCUT2D eigenvalue weighted by Crippen LogP contribution is -2.82. The van der Waals surface area contributed by atoms with Crippen molar-refractivity contribution in [1.82, 2.24) is 10.2 Å². The van der Waals surface area contributed by atoms with Crippen molar-refractivity contribution in [2.75, 3.05) is 24.7 Å². The van der Waals surface area contributed by atoms with Crippen molar-refractivity contribution in [3.8, 4) is 17.9 Å². The number of carbonyl (C=O) groups excluding carboxylic acids is 9. The van der Waals surface area contributed by atoms with Crippen LogP contribution in [0.2, 0.25) is 0 Å². The summed E-state index contributed by atoms with van der Waals surface area (Å²) >= 11 is 0. The van der Waals surface area contributed by atoms with Crippen LogP contribution in [0, 0.1) is 39.9 Å². The molecule has 1 unspecified atom stereocenters. The molecular formula is C64H69F3N4O19. The number of anilines is 1. The number of hydrogen-bond donors (Lipinski definition) is 4. The number of nitrogens with zero attached hydrogens (tertiary/aromatic N) is 3. The van der Waals surface area contributed by atoms with Gasteiger partial charge in [0.05, 0.1) is 77.9 Å². The Bertz CT molecular complexity index is 3530. The highest BCUT2D eigenvalue weighted by Gasteiger charge is 2.78. The Labute approximate surface area is 515 Å². The Morgan fingerprint density at radius 2 is 1.51 bits per heavy atom. The summed E-state index contributed by atoms with van der Waals surface area (Å²) in [4.78, 5) is 128. The number of ether oxygens (including phenoxy) is 7. The Balaban J connectivity index is 1.11. The minimum atomic E-state index is -4.99. The summed E-state index contributed by atoms with van der Waals surface area (Å²) in [5.41, 5.74) is -14.0. The molecule has 3 aromatic carbocycles. The second kappa shape index (κ2) is 24.9. The zero-order valence-electron chi connectivity index (χ0n) is 50.9. The maximum absolute atomic E-state index is 16.1. The van der Waals surface area contributed by atoms with Gasteiger partial charge in [-0.25, -0.2) is 24.1 Å². The Morgan fingerprint density at radius 1 is 0.878 bits per heavy atom. The molecule has 90 heavy (non-hydrogen) atoms. The molecule has 0 aromatic heterocycles. The standard InChI is InChI=1S/C64H69F3N4O19/c1-34-41(86-54(79)48(76)47(36-19-13-11-14-20-36)69-56(81)90-58(3,4)5)31-63(83)52(88-53(78)37-21-15-12-16-22-37)50-61(10,42(73)30-43-62(50,33-85-43)89-35(2)72)51(77)49(46(34)59(63,6)7)87-45(75)26-25-44(74)84-28-18-17-27-70-57(82)71(55(80)60(70,8)9)39-24-23-38(32-68)40(29-39)64(65,66)67/h11-16,19-24,29,41-43,47-50,52,73,76,83H,25-28,30-31,33H2,1-10H3,(H,69,81)/t41-,42-,43?,47-,48+,49+,50-,52-,61+,62-,63+/m0/s1. The van der Waals surface area contributed by atoms with Gasteiger partial charge in [0.1, 0.15) is 35.1 Å². The molecular weight excluding hydrogens is 1190 g/mol. The van der Waals surface area contributed by atoms with Gasteiger partial charge in [0, 0.05) is 25.2 Å². The quantitative estimate of drug-likeness (QED) is 0.0428. The molecule has 2 bridgehead atoms. The predicted molar refractivity (Wildman–Crippen MR) is 305 cm³/mol. The predicted octanol–water partition coefficient (Wildman–Crippen LogP) is 6.28. The maximum atomic E-state index is 16.1. The first kappa shape index (κ1) is 67.2. The van der Waals surface area contributed by atoms with E-state index in [0.29, 0.717) is 11.0 Å². The van der Waals surface area contributed by atoms with Crippen molar-refractivity contribution in [2.24, 2.45) is 16.7 Å². The number of urea groups is 1. The third-order valence-electron chi connectivity index (χ3n) is 17.5. The molecule has 8 rings (SSSR count). The van der Waals surface area contributed by atoms with Crippen LogP contribution >= 0.6 is 0 Å². The van der Waals surface area contributed by atoms with Crippen molar-refractivity contribution in [3.63, 3.8) is 0 Å². The summed E-state index contributed by atoms with van der Waals surface area (Å²) in [7, 11) is 0. The first-order chi connectivity index (χ1) is 42.0. The number of carbonyl (C=O) groups is 9. The summed E-state index contributed by atoms with van der Waals surface area (Å²) in [5, 5.41) is 50.1. The lowest BCUT2D eigenvalue weighted by molar-refractivity contribution is -0.346. The van der Waals surface area contributed by atoms with E-state index in [1.54, 1.807) is 45.0 Å². The van der Waals surface area contributed by atoms with Crippen molar-refractivity contribution >= 4 is 59.3 Å². The molecule has 480 valence electrons. The van der Waals surface area contributed by atoms with E-state index in [4.69, 9.17) is 33.2 Å². The highest BCUT2D eigenvalue weighted by atomic mass is 19.4. The van der Waals surface area contributed by atoms with Gasteiger partial charge in [-0.2, -0.15) is 18.4 Å². The molecule has 23 nitrogen and oxygen atoms in total. The van der Waals surface area contributed by atoms with Crippen molar-refractivity contribution in [1.29, 1.82) is 5.26 Å². The van der Waals surface area contributed by atoms with Crippen molar-refractivity contribution in [2.45, 2.75) is 166 Å². The molecule has 0 spiro atoms. The van der Waals surface area contributed by atoms with Crippen LogP contribution < -0.4 is 10.2 Å². The van der Waals surface area contributed by atoms with E-state index in [1.807, 2.05) is 0 Å². The number of aliphatic hydroxyl groups excluding tert-OH is 2. The number of rotatable bonds is 15. The van der Waals surface area contributed by atoms with E-state index < -0.39 is 197 Å². The van der Waals surface area contributed by atoms with Crippen LogP contribution in [0.1, 0.15) is 128 Å². The molecule has 2 aliphatic heterocycles. The number of hydrogen-bond acceptors (Lipinski definition) is 20. The highest BCUT2D eigenvalue weighted by Crippen LogP contribution is 2.64. The normalized spacial score (nSPS) is 27.3. The Kier molecular flexibility index (Phi) is 18.6. The number of benzene rings is 3. The smallest absolute Gasteiger partial charge is 0.417 e. The average Bonchev–Trinajstić information content (AvgIpc) is 0.802. The molecule has 4 N–H and O–H groups in total. The van der Waals surface area contributed by atoms with Gasteiger partial charge in [-0.15, -0.1) is 0 Å². The number of halogens is 3. The van der Waals surface area contributed by atoms with Gasteiger partial charge in [0.2, 0.25) is 0 Å². The minimum Gasteiger partial charge on any atom is -0.456 e. The second-order valence-electron chi connectivity index (χ2n) is 25.0. The van der Waals surface area contributed by atoms with Gasteiger partial charge in [-0.1, -0.05) is 74.2 Å². The number of esters is 5. The molecule has 26 heteroatoms. The zero-order valence-corrected chi connectivity index (χ0v) is 50.9. The highest BCUT2D eigenvalue weighted by molar-refractivity contribution is 6.23. The average molecular weight is 1260 g/mol. The summed E-state index contributed by atoms with van der Waals surface area (Å²) in [5.74, 6) is -4.23. The zero-order chi connectivity index (χ0) is 66.4. The lowest BCUT2D eigenvalue weighted by atomic mass is 9.44. The summed E-state index contributed by atoms with van der Waals surface area (Å²) in [6, 6.07) is 16.6.